The quantitative estimate of drug-likeness (QED) is 0.446. The first kappa shape index (κ1) is 25.8. The molecule has 0 bridgehead atoms. The van der Waals surface area contributed by atoms with Gasteiger partial charge in [0, 0.05) is 31.4 Å². The number of hydrogen-bond donors (Lipinski definition) is 1. The second-order valence-electron chi connectivity index (χ2n) is 11.1. The summed E-state index contributed by atoms with van der Waals surface area (Å²) in [5.74, 6) is 1.48. The number of benzene rings is 1. The lowest BCUT2D eigenvalue weighted by Gasteiger charge is -2.31. The van der Waals surface area contributed by atoms with E-state index in [1.165, 1.54) is 61.8 Å². The molecule has 1 saturated heterocycles. The zero-order valence-corrected chi connectivity index (χ0v) is 21.6. The molecular weight excluding hydrogens is 406 g/mol. The van der Waals surface area contributed by atoms with Gasteiger partial charge in [0.05, 0.1) is 6.04 Å². The van der Waals surface area contributed by atoms with Gasteiger partial charge in [-0.2, -0.15) is 0 Å². The monoisotopic (exact) mass is 453 g/mol. The van der Waals surface area contributed by atoms with E-state index < -0.39 is 0 Å². The Morgan fingerprint density at radius 2 is 1.82 bits per heavy atom. The average Bonchev–Trinajstić information content (AvgIpc) is 3.28. The molecule has 3 rings (SSSR count). The molecule has 2 N–H and O–H groups in total. The second-order valence-corrected chi connectivity index (χ2v) is 11.1. The summed E-state index contributed by atoms with van der Waals surface area (Å²) in [7, 11) is 0. The Morgan fingerprint density at radius 3 is 2.45 bits per heavy atom. The maximum atomic E-state index is 12.9. The minimum Gasteiger partial charge on any atom is -0.363 e. The zero-order chi connectivity index (χ0) is 23.8. The summed E-state index contributed by atoms with van der Waals surface area (Å²) in [5, 5.41) is 0. The maximum Gasteiger partial charge on any atom is 0.239 e. The number of aryl methyl sites for hydroxylation is 1. The number of carbonyl (C=O) groups excluding carboxylic acids is 1. The van der Waals surface area contributed by atoms with E-state index in [9.17, 15) is 4.79 Å². The number of hydrogen-bond acceptors (Lipinski definition) is 3. The Hall–Kier alpha value is -1.81. The summed E-state index contributed by atoms with van der Waals surface area (Å²) in [4.78, 5) is 17.3. The van der Waals surface area contributed by atoms with Gasteiger partial charge in [0.25, 0.3) is 0 Å². The van der Waals surface area contributed by atoms with Crippen molar-refractivity contribution in [1.82, 2.24) is 4.90 Å². The number of likely N-dealkylation sites (tertiary alicyclic amines) is 1. The van der Waals surface area contributed by atoms with Gasteiger partial charge >= 0.3 is 0 Å². The lowest BCUT2D eigenvalue weighted by Crippen LogP contribution is -2.45. The van der Waals surface area contributed by atoms with Gasteiger partial charge in [0.1, 0.15) is 0 Å². The summed E-state index contributed by atoms with van der Waals surface area (Å²) < 4.78 is 0. The van der Waals surface area contributed by atoms with Crippen LogP contribution in [0.2, 0.25) is 0 Å². The molecule has 0 aromatic heterocycles. The molecule has 2 aliphatic rings. The first-order valence-electron chi connectivity index (χ1n) is 13.4. The third-order valence-electron chi connectivity index (χ3n) is 7.49. The van der Waals surface area contributed by atoms with Gasteiger partial charge in [-0.05, 0) is 69.1 Å². The van der Waals surface area contributed by atoms with Crippen molar-refractivity contribution in [1.29, 1.82) is 0 Å². The van der Waals surface area contributed by atoms with Crippen molar-refractivity contribution in [2.24, 2.45) is 17.6 Å². The van der Waals surface area contributed by atoms with Crippen molar-refractivity contribution in [2.45, 2.75) is 97.6 Å². The third-order valence-corrected chi connectivity index (χ3v) is 7.49. The molecular formula is C29H47N3O. The summed E-state index contributed by atoms with van der Waals surface area (Å²) in [6, 6.07) is 9.20. The van der Waals surface area contributed by atoms with Crippen LogP contribution >= 0.6 is 0 Å². The van der Waals surface area contributed by atoms with Gasteiger partial charge in [-0.3, -0.25) is 4.79 Å². The highest BCUT2D eigenvalue weighted by Gasteiger charge is 2.32. The van der Waals surface area contributed by atoms with Crippen LogP contribution in [0.5, 0.6) is 0 Å². The van der Waals surface area contributed by atoms with Gasteiger partial charge in [0.2, 0.25) is 5.91 Å². The highest BCUT2D eigenvalue weighted by atomic mass is 16.2. The van der Waals surface area contributed by atoms with Crippen LogP contribution in [0.15, 0.2) is 35.9 Å². The van der Waals surface area contributed by atoms with Crippen molar-refractivity contribution in [3.8, 4) is 0 Å². The van der Waals surface area contributed by atoms with Crippen LogP contribution in [0.3, 0.4) is 0 Å². The van der Waals surface area contributed by atoms with Gasteiger partial charge < -0.3 is 15.5 Å². The Bertz CT molecular complexity index is 760. The molecule has 2 fully saturated rings. The van der Waals surface area contributed by atoms with Crippen LogP contribution in [0.25, 0.3) is 0 Å². The zero-order valence-electron chi connectivity index (χ0n) is 21.6. The van der Waals surface area contributed by atoms with E-state index in [-0.39, 0.29) is 11.9 Å². The number of nitrogens with zero attached hydrogens (tertiary/aromatic N) is 2. The van der Waals surface area contributed by atoms with Gasteiger partial charge in [-0.1, -0.05) is 69.7 Å². The predicted molar refractivity (Wildman–Crippen MR) is 141 cm³/mol. The number of anilines is 1. The molecule has 0 spiro atoms. The standard InChI is InChI=1S/C29H47N3O/c1-22(2)16-19-32(27-17-18-31(21-27)29(33)28(30)20-23(3)4)26-14-12-25(13-15-26)11-10-24-8-6-5-7-9-24/h12-16,23-24,27-28H,5-11,17-21,30H2,1-4H3/t27-,28?/m0/s1. The Labute approximate surface area is 202 Å². The van der Waals surface area contributed by atoms with E-state index in [0.717, 1.165) is 38.4 Å². The summed E-state index contributed by atoms with van der Waals surface area (Å²) in [6.07, 6.45) is 13.7. The number of rotatable bonds is 10. The number of nitrogens with two attached hydrogens (primary N) is 1. The summed E-state index contributed by atoms with van der Waals surface area (Å²) in [6.45, 7) is 11.0. The first-order valence-corrected chi connectivity index (χ1v) is 13.4. The van der Waals surface area contributed by atoms with Crippen LogP contribution < -0.4 is 10.6 Å². The van der Waals surface area contributed by atoms with Crippen molar-refractivity contribution >= 4 is 11.6 Å². The summed E-state index contributed by atoms with van der Waals surface area (Å²) >= 11 is 0. The molecule has 184 valence electrons. The highest BCUT2D eigenvalue weighted by molar-refractivity contribution is 5.82. The second kappa shape index (κ2) is 12.6. The molecule has 4 heteroatoms. The van der Waals surface area contributed by atoms with E-state index >= 15 is 0 Å². The molecule has 2 atom stereocenters. The Kier molecular flexibility index (Phi) is 9.85. The van der Waals surface area contributed by atoms with Gasteiger partial charge in [0.15, 0.2) is 0 Å². The molecule has 1 unspecified atom stereocenters. The van der Waals surface area contributed by atoms with Crippen molar-refractivity contribution < 1.29 is 4.79 Å². The van der Waals surface area contributed by atoms with Crippen LogP contribution in [-0.2, 0) is 11.2 Å². The Morgan fingerprint density at radius 1 is 1.12 bits per heavy atom. The minimum absolute atomic E-state index is 0.117. The largest absolute Gasteiger partial charge is 0.363 e. The lowest BCUT2D eigenvalue weighted by atomic mass is 9.85. The van der Waals surface area contributed by atoms with E-state index in [1.807, 2.05) is 4.90 Å². The number of amides is 1. The fraction of sp³-hybridized carbons (Fsp3) is 0.690. The minimum atomic E-state index is -0.376. The van der Waals surface area contributed by atoms with E-state index in [2.05, 4.69) is 62.9 Å². The molecule has 1 heterocycles. The molecule has 1 aliphatic carbocycles. The van der Waals surface area contributed by atoms with Crippen molar-refractivity contribution in [3.63, 3.8) is 0 Å². The van der Waals surface area contributed by atoms with Crippen molar-refractivity contribution in [3.05, 3.63) is 41.5 Å². The normalized spacial score (nSPS) is 20.2. The molecule has 33 heavy (non-hydrogen) atoms. The van der Waals surface area contributed by atoms with E-state index in [0.29, 0.717) is 12.0 Å². The number of allylic oxidation sites excluding steroid dienone is 1. The molecule has 1 aromatic carbocycles. The molecule has 1 saturated carbocycles. The summed E-state index contributed by atoms with van der Waals surface area (Å²) in [5.41, 5.74) is 10.3. The third kappa shape index (κ3) is 7.88. The molecule has 1 amide bonds. The fourth-order valence-corrected chi connectivity index (χ4v) is 5.49. The first-order chi connectivity index (χ1) is 15.8. The lowest BCUT2D eigenvalue weighted by molar-refractivity contribution is -0.131. The van der Waals surface area contributed by atoms with Crippen molar-refractivity contribution in [2.75, 3.05) is 24.5 Å². The highest BCUT2D eigenvalue weighted by Crippen LogP contribution is 2.29. The molecule has 1 aromatic rings. The smallest absolute Gasteiger partial charge is 0.239 e. The van der Waals surface area contributed by atoms with Crippen LogP contribution in [0, 0.1) is 11.8 Å². The van der Waals surface area contributed by atoms with Gasteiger partial charge in [-0.15, -0.1) is 0 Å². The SMILES string of the molecule is CC(C)=CCN(c1ccc(CCC2CCCCC2)cc1)[C@H]1CCN(C(=O)C(N)CC(C)C)C1. The Balaban J connectivity index is 1.63. The van der Waals surface area contributed by atoms with E-state index in [1.54, 1.807) is 0 Å². The molecule has 4 nitrogen and oxygen atoms in total. The van der Waals surface area contributed by atoms with Gasteiger partial charge in [-0.25, -0.2) is 0 Å². The fourth-order valence-electron chi connectivity index (χ4n) is 5.49. The molecule has 1 aliphatic heterocycles. The molecule has 0 radical (unpaired) electrons. The topological polar surface area (TPSA) is 49.6 Å². The van der Waals surface area contributed by atoms with E-state index in [4.69, 9.17) is 5.73 Å². The predicted octanol–water partition coefficient (Wildman–Crippen LogP) is 5.95. The van der Waals surface area contributed by atoms with Crippen LogP contribution in [-0.4, -0.2) is 42.5 Å². The van der Waals surface area contributed by atoms with Crippen LogP contribution in [0.4, 0.5) is 5.69 Å². The average molecular weight is 454 g/mol. The number of carbonyl (C=O) groups is 1. The van der Waals surface area contributed by atoms with Crippen LogP contribution in [0.1, 0.15) is 84.6 Å². The maximum absolute atomic E-state index is 12.9.